The van der Waals surface area contributed by atoms with Crippen molar-refractivity contribution >= 4 is 61.4 Å². The van der Waals surface area contributed by atoms with Crippen LogP contribution in [0.4, 0.5) is 10.8 Å². The summed E-state index contributed by atoms with van der Waals surface area (Å²) in [4.78, 5) is 19.2. The van der Waals surface area contributed by atoms with Crippen molar-refractivity contribution in [1.29, 1.82) is 0 Å². The van der Waals surface area contributed by atoms with Gasteiger partial charge in [-0.2, -0.15) is 0 Å². The fourth-order valence-corrected chi connectivity index (χ4v) is 5.71. The summed E-state index contributed by atoms with van der Waals surface area (Å²) < 4.78 is 7.49. The number of amides is 1. The van der Waals surface area contributed by atoms with Crippen molar-refractivity contribution in [2.75, 3.05) is 24.7 Å². The zero-order chi connectivity index (χ0) is 22.5. The molecule has 0 fully saturated rings. The van der Waals surface area contributed by atoms with Gasteiger partial charge < -0.3 is 15.0 Å². The highest BCUT2D eigenvalue weighted by Gasteiger charge is 2.21. The molecule has 0 unspecified atom stereocenters. The van der Waals surface area contributed by atoms with Crippen LogP contribution in [0.2, 0.25) is 0 Å². The molecule has 4 rings (SSSR count). The quantitative estimate of drug-likeness (QED) is 0.309. The summed E-state index contributed by atoms with van der Waals surface area (Å²) in [5.41, 5.74) is 1.80. The molecule has 0 saturated carbocycles. The molecular formula is C22H23N5O2S3. The lowest BCUT2D eigenvalue weighted by Crippen LogP contribution is -2.31. The number of thiazole rings is 1. The molecule has 0 aliphatic carbocycles. The number of ether oxygens (including phenoxy) is 1. The van der Waals surface area contributed by atoms with Crippen molar-refractivity contribution in [3.8, 4) is 5.75 Å². The maximum Gasteiger partial charge on any atom is 0.233 e. The second kappa shape index (κ2) is 10.3. The standard InChI is InChI=1S/C22H23N5O2S3/c1-4-29-17-11-7-5-9-15(17)24-21-25-26-22(32-21)30-13-19(28)27(3)14(2)20-23-16-10-6-8-12-18(16)31-20/h5-12,14H,4,13H2,1-3H3,(H,24,25)/t14-/m0/s1. The Morgan fingerprint density at radius 1 is 1.16 bits per heavy atom. The van der Waals surface area contributed by atoms with Crippen LogP contribution in [0, 0.1) is 0 Å². The largest absolute Gasteiger partial charge is 0.492 e. The van der Waals surface area contributed by atoms with Crippen LogP contribution in [0.1, 0.15) is 24.9 Å². The van der Waals surface area contributed by atoms with Gasteiger partial charge >= 0.3 is 0 Å². The Morgan fingerprint density at radius 3 is 2.75 bits per heavy atom. The summed E-state index contributed by atoms with van der Waals surface area (Å²) in [6.07, 6.45) is 0. The van der Waals surface area contributed by atoms with Gasteiger partial charge in [0.15, 0.2) is 4.34 Å². The number of hydrogen-bond donors (Lipinski definition) is 1. The molecule has 2 heterocycles. The van der Waals surface area contributed by atoms with Crippen LogP contribution >= 0.6 is 34.4 Å². The van der Waals surface area contributed by atoms with E-state index in [2.05, 4.69) is 26.6 Å². The third kappa shape index (κ3) is 5.20. The monoisotopic (exact) mass is 485 g/mol. The zero-order valence-corrected chi connectivity index (χ0v) is 20.4. The molecule has 0 radical (unpaired) electrons. The van der Waals surface area contributed by atoms with Crippen molar-refractivity contribution in [2.45, 2.75) is 24.2 Å². The minimum absolute atomic E-state index is 0.0214. The van der Waals surface area contributed by atoms with E-state index in [1.807, 2.05) is 63.4 Å². The highest BCUT2D eigenvalue weighted by atomic mass is 32.2. The summed E-state index contributed by atoms with van der Waals surface area (Å²) in [5.74, 6) is 1.07. The van der Waals surface area contributed by atoms with E-state index in [-0.39, 0.29) is 17.7 Å². The minimum atomic E-state index is -0.0952. The van der Waals surface area contributed by atoms with E-state index >= 15 is 0 Å². The van der Waals surface area contributed by atoms with E-state index in [0.29, 0.717) is 11.7 Å². The Kier molecular flexibility index (Phi) is 7.23. The van der Waals surface area contributed by atoms with Gasteiger partial charge in [0.2, 0.25) is 11.0 Å². The van der Waals surface area contributed by atoms with E-state index in [1.54, 1.807) is 16.2 Å². The van der Waals surface area contributed by atoms with Gasteiger partial charge in [-0.1, -0.05) is 47.4 Å². The normalized spacial score (nSPS) is 12.0. The molecule has 10 heteroatoms. The Balaban J connectivity index is 1.34. The Labute approximate surface area is 198 Å². The number of anilines is 2. The van der Waals surface area contributed by atoms with E-state index in [4.69, 9.17) is 4.74 Å². The number of carbonyl (C=O) groups excluding carboxylic acids is 1. The van der Waals surface area contributed by atoms with Crippen molar-refractivity contribution in [1.82, 2.24) is 20.1 Å². The van der Waals surface area contributed by atoms with Crippen LogP contribution in [-0.2, 0) is 4.79 Å². The Morgan fingerprint density at radius 2 is 1.94 bits per heavy atom. The number of carbonyl (C=O) groups is 1. The fraction of sp³-hybridized carbons (Fsp3) is 0.273. The first-order chi connectivity index (χ1) is 15.5. The summed E-state index contributed by atoms with van der Waals surface area (Å²) in [5, 5.41) is 13.2. The predicted molar refractivity (Wildman–Crippen MR) is 132 cm³/mol. The molecule has 7 nitrogen and oxygen atoms in total. The maximum atomic E-state index is 12.8. The first-order valence-electron chi connectivity index (χ1n) is 10.1. The third-order valence-electron chi connectivity index (χ3n) is 4.80. The molecule has 1 N–H and O–H groups in total. The van der Waals surface area contributed by atoms with E-state index in [0.717, 1.165) is 31.0 Å². The number of benzene rings is 2. The van der Waals surface area contributed by atoms with Crippen molar-refractivity contribution in [3.05, 3.63) is 53.5 Å². The second-order valence-electron chi connectivity index (χ2n) is 6.92. The SMILES string of the molecule is CCOc1ccccc1Nc1nnc(SCC(=O)N(C)[C@@H](C)c2nc3ccccc3s2)s1. The molecule has 0 spiro atoms. The molecule has 2 aromatic carbocycles. The molecule has 1 atom stereocenters. The van der Waals surface area contributed by atoms with Gasteiger partial charge in [-0.25, -0.2) is 4.98 Å². The minimum Gasteiger partial charge on any atom is -0.492 e. The number of fused-ring (bicyclic) bond motifs is 1. The highest BCUT2D eigenvalue weighted by Crippen LogP contribution is 2.33. The molecule has 166 valence electrons. The lowest BCUT2D eigenvalue weighted by molar-refractivity contribution is -0.128. The molecule has 2 aromatic heterocycles. The van der Waals surface area contributed by atoms with E-state index < -0.39 is 0 Å². The van der Waals surface area contributed by atoms with Gasteiger partial charge in [0.1, 0.15) is 10.8 Å². The Hall–Kier alpha value is -2.69. The maximum absolute atomic E-state index is 12.8. The first kappa shape index (κ1) is 22.5. The number of hydrogen-bond acceptors (Lipinski definition) is 9. The lowest BCUT2D eigenvalue weighted by atomic mass is 10.3. The van der Waals surface area contributed by atoms with Crippen LogP contribution in [-0.4, -0.2) is 45.4 Å². The van der Waals surface area contributed by atoms with Crippen LogP contribution in [0.5, 0.6) is 5.75 Å². The summed E-state index contributed by atoms with van der Waals surface area (Å²) >= 11 is 4.42. The zero-order valence-electron chi connectivity index (χ0n) is 17.9. The highest BCUT2D eigenvalue weighted by molar-refractivity contribution is 8.01. The van der Waals surface area contributed by atoms with Gasteiger partial charge in [-0.05, 0) is 38.1 Å². The van der Waals surface area contributed by atoms with Crippen LogP contribution in [0.25, 0.3) is 10.2 Å². The molecule has 0 saturated heterocycles. The van der Waals surface area contributed by atoms with E-state index in [9.17, 15) is 4.79 Å². The molecule has 32 heavy (non-hydrogen) atoms. The average molecular weight is 486 g/mol. The topological polar surface area (TPSA) is 80.2 Å². The summed E-state index contributed by atoms with van der Waals surface area (Å²) in [6, 6.07) is 15.6. The molecule has 0 aliphatic rings. The van der Waals surface area contributed by atoms with Crippen LogP contribution in [0.3, 0.4) is 0 Å². The van der Waals surface area contributed by atoms with Crippen molar-refractivity contribution in [3.63, 3.8) is 0 Å². The first-order valence-corrected chi connectivity index (χ1v) is 12.7. The number of rotatable bonds is 9. The van der Waals surface area contributed by atoms with Gasteiger partial charge in [0.25, 0.3) is 0 Å². The van der Waals surface area contributed by atoms with Crippen LogP contribution in [0.15, 0.2) is 52.9 Å². The molecular weight excluding hydrogens is 462 g/mol. The lowest BCUT2D eigenvalue weighted by Gasteiger charge is -2.22. The van der Waals surface area contributed by atoms with Gasteiger partial charge in [0, 0.05) is 7.05 Å². The van der Waals surface area contributed by atoms with Gasteiger partial charge in [-0.3, -0.25) is 4.79 Å². The second-order valence-corrected chi connectivity index (χ2v) is 10.2. The molecule has 4 aromatic rings. The third-order valence-corrected chi connectivity index (χ3v) is 7.96. The smallest absolute Gasteiger partial charge is 0.233 e. The fourth-order valence-electron chi connectivity index (χ4n) is 2.96. The number of nitrogens with zero attached hydrogens (tertiary/aromatic N) is 4. The van der Waals surface area contributed by atoms with Crippen LogP contribution < -0.4 is 10.1 Å². The number of aromatic nitrogens is 3. The predicted octanol–water partition coefficient (Wildman–Crippen LogP) is 5.60. The average Bonchev–Trinajstić information content (AvgIpc) is 3.44. The Bertz CT molecular complexity index is 1180. The number of para-hydroxylation sites is 3. The molecule has 0 aliphatic heterocycles. The number of thioether (sulfide) groups is 1. The van der Waals surface area contributed by atoms with Crippen molar-refractivity contribution < 1.29 is 9.53 Å². The van der Waals surface area contributed by atoms with Gasteiger partial charge in [-0.15, -0.1) is 21.5 Å². The summed E-state index contributed by atoms with van der Waals surface area (Å²) in [7, 11) is 1.82. The number of nitrogens with one attached hydrogen (secondary N) is 1. The summed E-state index contributed by atoms with van der Waals surface area (Å²) in [6.45, 7) is 4.53. The molecule has 1 amide bonds. The van der Waals surface area contributed by atoms with E-state index in [1.165, 1.54) is 23.1 Å². The molecule has 0 bridgehead atoms. The van der Waals surface area contributed by atoms with Crippen molar-refractivity contribution in [2.24, 2.45) is 0 Å². The van der Waals surface area contributed by atoms with Gasteiger partial charge in [0.05, 0.1) is 34.3 Å².